The Kier molecular flexibility index (Phi) is 4.39. The second-order valence-electron chi connectivity index (χ2n) is 5.44. The highest BCUT2D eigenvalue weighted by Crippen LogP contribution is 2.31. The van der Waals surface area contributed by atoms with Crippen LogP contribution in [0.2, 0.25) is 0 Å². The summed E-state index contributed by atoms with van der Waals surface area (Å²) in [6.07, 6.45) is 10.8. The molecule has 2 aliphatic carbocycles. The van der Waals surface area contributed by atoms with Crippen molar-refractivity contribution in [3.63, 3.8) is 0 Å². The molecule has 2 fully saturated rings. The third kappa shape index (κ3) is 3.31. The number of carbonyl (C=O) groups is 1. The van der Waals surface area contributed by atoms with Crippen molar-refractivity contribution in [1.29, 1.82) is 0 Å². The first-order valence-corrected chi connectivity index (χ1v) is 6.95. The number of hydrogen-bond donors (Lipinski definition) is 0. The van der Waals surface area contributed by atoms with Crippen LogP contribution in [0.25, 0.3) is 0 Å². The molecule has 0 radical (unpaired) electrons. The SMILES string of the molecule is CCC1CCCC(OC2CCC(=O)CC2)C1. The lowest BCUT2D eigenvalue weighted by Crippen LogP contribution is -2.30. The van der Waals surface area contributed by atoms with Crippen LogP contribution in [0, 0.1) is 5.92 Å². The van der Waals surface area contributed by atoms with E-state index in [4.69, 9.17) is 4.74 Å². The monoisotopic (exact) mass is 224 g/mol. The van der Waals surface area contributed by atoms with Crippen LogP contribution in [0.1, 0.15) is 64.7 Å². The molecule has 0 aromatic carbocycles. The lowest BCUT2D eigenvalue weighted by atomic mass is 9.85. The Hall–Kier alpha value is -0.370. The zero-order chi connectivity index (χ0) is 11.4. The third-order valence-corrected chi connectivity index (χ3v) is 4.19. The minimum Gasteiger partial charge on any atom is -0.375 e. The van der Waals surface area contributed by atoms with Crippen molar-refractivity contribution in [3.8, 4) is 0 Å². The van der Waals surface area contributed by atoms with Crippen LogP contribution in [0.3, 0.4) is 0 Å². The van der Waals surface area contributed by atoms with E-state index in [0.717, 1.165) is 31.6 Å². The van der Waals surface area contributed by atoms with Gasteiger partial charge in [-0.3, -0.25) is 4.79 Å². The summed E-state index contributed by atoms with van der Waals surface area (Å²) in [7, 11) is 0. The van der Waals surface area contributed by atoms with Gasteiger partial charge in [-0.25, -0.2) is 0 Å². The van der Waals surface area contributed by atoms with Gasteiger partial charge in [0.05, 0.1) is 12.2 Å². The molecule has 0 saturated heterocycles. The first-order valence-electron chi connectivity index (χ1n) is 6.95. The van der Waals surface area contributed by atoms with Gasteiger partial charge in [-0.1, -0.05) is 26.2 Å². The molecule has 0 aliphatic heterocycles. The van der Waals surface area contributed by atoms with Crippen molar-refractivity contribution in [1.82, 2.24) is 0 Å². The Morgan fingerprint density at radius 1 is 1.12 bits per heavy atom. The van der Waals surface area contributed by atoms with Crippen molar-refractivity contribution >= 4 is 5.78 Å². The fourth-order valence-corrected chi connectivity index (χ4v) is 3.06. The fourth-order valence-electron chi connectivity index (χ4n) is 3.06. The fraction of sp³-hybridized carbons (Fsp3) is 0.929. The van der Waals surface area contributed by atoms with Crippen molar-refractivity contribution in [2.24, 2.45) is 5.92 Å². The number of hydrogen-bond acceptors (Lipinski definition) is 2. The van der Waals surface area contributed by atoms with Crippen molar-refractivity contribution in [2.45, 2.75) is 76.9 Å². The standard InChI is InChI=1S/C14H24O2/c1-2-11-4-3-5-14(10-11)16-13-8-6-12(15)7-9-13/h11,13-14H,2-10H2,1H3. The minimum atomic E-state index is 0.373. The largest absolute Gasteiger partial charge is 0.375 e. The average Bonchev–Trinajstić information content (AvgIpc) is 2.32. The molecule has 2 aliphatic rings. The first kappa shape index (κ1) is 12.1. The Morgan fingerprint density at radius 2 is 1.88 bits per heavy atom. The molecular formula is C14H24O2. The molecular weight excluding hydrogens is 200 g/mol. The minimum absolute atomic E-state index is 0.373. The quantitative estimate of drug-likeness (QED) is 0.733. The zero-order valence-electron chi connectivity index (χ0n) is 10.4. The van der Waals surface area contributed by atoms with E-state index in [9.17, 15) is 4.79 Å². The van der Waals surface area contributed by atoms with E-state index in [1.807, 2.05) is 0 Å². The summed E-state index contributed by atoms with van der Waals surface area (Å²) in [4.78, 5) is 11.1. The summed E-state index contributed by atoms with van der Waals surface area (Å²) in [5.74, 6) is 1.30. The zero-order valence-corrected chi connectivity index (χ0v) is 10.4. The smallest absolute Gasteiger partial charge is 0.133 e. The van der Waals surface area contributed by atoms with Crippen molar-refractivity contribution < 1.29 is 9.53 Å². The van der Waals surface area contributed by atoms with Crippen LogP contribution in [0.5, 0.6) is 0 Å². The molecule has 0 bridgehead atoms. The van der Waals surface area contributed by atoms with Crippen LogP contribution in [-0.4, -0.2) is 18.0 Å². The molecule has 0 aromatic heterocycles. The van der Waals surface area contributed by atoms with Gasteiger partial charge in [-0.2, -0.15) is 0 Å². The van der Waals surface area contributed by atoms with Gasteiger partial charge in [-0.05, 0) is 31.6 Å². The maximum Gasteiger partial charge on any atom is 0.133 e. The summed E-state index contributed by atoms with van der Waals surface area (Å²) in [5, 5.41) is 0. The summed E-state index contributed by atoms with van der Waals surface area (Å²) >= 11 is 0. The molecule has 2 rings (SSSR count). The van der Waals surface area contributed by atoms with Gasteiger partial charge in [0.1, 0.15) is 5.78 Å². The number of rotatable bonds is 3. The second kappa shape index (κ2) is 5.81. The Morgan fingerprint density at radius 3 is 2.56 bits per heavy atom. The maximum absolute atomic E-state index is 11.1. The number of ketones is 1. The number of ether oxygens (including phenoxy) is 1. The van der Waals surface area contributed by atoms with Crippen LogP contribution in [0.4, 0.5) is 0 Å². The Labute approximate surface area is 98.7 Å². The Bertz CT molecular complexity index is 227. The van der Waals surface area contributed by atoms with Crippen molar-refractivity contribution in [2.75, 3.05) is 0 Å². The van der Waals surface area contributed by atoms with Crippen LogP contribution >= 0.6 is 0 Å². The summed E-state index contributed by atoms with van der Waals surface area (Å²) in [5.41, 5.74) is 0. The van der Waals surface area contributed by atoms with Crippen LogP contribution in [0.15, 0.2) is 0 Å². The molecule has 0 heterocycles. The summed E-state index contributed by atoms with van der Waals surface area (Å²) in [6, 6.07) is 0. The topological polar surface area (TPSA) is 26.3 Å². The normalized spacial score (nSPS) is 32.9. The highest BCUT2D eigenvalue weighted by Gasteiger charge is 2.26. The number of carbonyl (C=O) groups excluding carboxylic acids is 1. The van der Waals surface area contributed by atoms with E-state index in [0.29, 0.717) is 18.0 Å². The average molecular weight is 224 g/mol. The highest BCUT2D eigenvalue weighted by atomic mass is 16.5. The summed E-state index contributed by atoms with van der Waals surface area (Å²) < 4.78 is 6.16. The molecule has 16 heavy (non-hydrogen) atoms. The second-order valence-corrected chi connectivity index (χ2v) is 5.44. The summed E-state index contributed by atoms with van der Waals surface area (Å²) in [6.45, 7) is 2.28. The van der Waals surface area contributed by atoms with Gasteiger partial charge in [0, 0.05) is 12.8 Å². The van der Waals surface area contributed by atoms with Gasteiger partial charge in [0.2, 0.25) is 0 Å². The lowest BCUT2D eigenvalue weighted by Gasteiger charge is -2.32. The van der Waals surface area contributed by atoms with E-state index in [-0.39, 0.29) is 0 Å². The predicted molar refractivity (Wildman–Crippen MR) is 64.4 cm³/mol. The van der Waals surface area contributed by atoms with Gasteiger partial charge < -0.3 is 4.74 Å². The third-order valence-electron chi connectivity index (χ3n) is 4.19. The molecule has 2 unspecified atom stereocenters. The van der Waals surface area contributed by atoms with Gasteiger partial charge in [0.25, 0.3) is 0 Å². The molecule has 0 N–H and O–H groups in total. The van der Waals surface area contributed by atoms with Crippen molar-refractivity contribution in [3.05, 3.63) is 0 Å². The molecule has 92 valence electrons. The van der Waals surface area contributed by atoms with Gasteiger partial charge in [0.15, 0.2) is 0 Å². The molecule has 2 atom stereocenters. The van der Waals surface area contributed by atoms with Gasteiger partial charge in [-0.15, -0.1) is 0 Å². The molecule has 0 spiro atoms. The molecule has 0 aromatic rings. The molecule has 0 amide bonds. The van der Waals surface area contributed by atoms with E-state index < -0.39 is 0 Å². The van der Waals surface area contributed by atoms with Gasteiger partial charge >= 0.3 is 0 Å². The maximum atomic E-state index is 11.1. The molecule has 2 saturated carbocycles. The van der Waals surface area contributed by atoms with E-state index in [2.05, 4.69) is 6.92 Å². The molecule has 2 heteroatoms. The number of Topliss-reactive ketones (excluding diaryl/α,β-unsaturated/α-hetero) is 1. The van der Waals surface area contributed by atoms with E-state index >= 15 is 0 Å². The lowest BCUT2D eigenvalue weighted by molar-refractivity contribution is -0.125. The Balaban J connectivity index is 1.74. The molecule has 2 nitrogen and oxygen atoms in total. The first-order chi connectivity index (χ1) is 7.78. The van der Waals surface area contributed by atoms with Crippen LogP contribution < -0.4 is 0 Å². The van der Waals surface area contributed by atoms with E-state index in [1.165, 1.54) is 32.1 Å². The highest BCUT2D eigenvalue weighted by molar-refractivity contribution is 5.79. The van der Waals surface area contributed by atoms with Crippen LogP contribution in [-0.2, 0) is 9.53 Å². The van der Waals surface area contributed by atoms with E-state index in [1.54, 1.807) is 0 Å². The predicted octanol–water partition coefficient (Wildman–Crippen LogP) is 3.48.